The van der Waals surface area contributed by atoms with Gasteiger partial charge >= 0.3 is 5.97 Å². The van der Waals surface area contributed by atoms with Crippen LogP contribution in [0.25, 0.3) is 0 Å². The molecular weight excluding hydrogens is 319 g/mol. The molecule has 0 aliphatic carbocycles. The second-order valence-electron chi connectivity index (χ2n) is 3.91. The standard InChI is InChI=1S/C13H10Cl2N2O2S/c1-7(11-4-5-12(20-11)13(18)19)16-17-8-2-3-9(14)10(15)6-8/h2-6,17H,1H3,(H,18,19)/b16-7-. The lowest BCUT2D eigenvalue weighted by Gasteiger charge is -2.03. The third-order valence-corrected chi connectivity index (χ3v) is 4.37. The van der Waals surface area contributed by atoms with Crippen LogP contribution < -0.4 is 5.43 Å². The Morgan fingerprint density at radius 1 is 1.20 bits per heavy atom. The van der Waals surface area contributed by atoms with E-state index < -0.39 is 5.97 Å². The van der Waals surface area contributed by atoms with Crippen LogP contribution in [0.4, 0.5) is 5.69 Å². The average molecular weight is 329 g/mol. The maximum absolute atomic E-state index is 10.8. The SMILES string of the molecule is C/C(=N/Nc1ccc(Cl)c(Cl)c1)c1ccc(C(=O)O)s1. The summed E-state index contributed by atoms with van der Waals surface area (Å²) >= 11 is 12.9. The summed E-state index contributed by atoms with van der Waals surface area (Å²) in [5, 5.41) is 14.0. The topological polar surface area (TPSA) is 61.7 Å². The number of anilines is 1. The Kier molecular flexibility index (Phi) is 4.65. The minimum Gasteiger partial charge on any atom is -0.477 e. The van der Waals surface area contributed by atoms with Crippen molar-refractivity contribution >= 4 is 51.9 Å². The zero-order chi connectivity index (χ0) is 14.7. The molecule has 0 aliphatic heterocycles. The van der Waals surface area contributed by atoms with Crippen molar-refractivity contribution in [3.8, 4) is 0 Å². The van der Waals surface area contributed by atoms with E-state index in [0.29, 0.717) is 21.4 Å². The molecule has 2 N–H and O–H groups in total. The molecule has 20 heavy (non-hydrogen) atoms. The Balaban J connectivity index is 2.13. The molecule has 2 rings (SSSR count). The molecule has 0 radical (unpaired) electrons. The predicted molar refractivity (Wildman–Crippen MR) is 83.6 cm³/mol. The maximum Gasteiger partial charge on any atom is 0.345 e. The van der Waals surface area contributed by atoms with Crippen molar-refractivity contribution in [2.24, 2.45) is 5.10 Å². The molecule has 4 nitrogen and oxygen atoms in total. The van der Waals surface area contributed by atoms with Crippen molar-refractivity contribution in [3.63, 3.8) is 0 Å². The molecular formula is C13H10Cl2N2O2S. The van der Waals surface area contributed by atoms with Crippen molar-refractivity contribution in [1.29, 1.82) is 0 Å². The summed E-state index contributed by atoms with van der Waals surface area (Å²) in [5.74, 6) is -0.938. The highest BCUT2D eigenvalue weighted by Crippen LogP contribution is 2.25. The van der Waals surface area contributed by atoms with Gasteiger partial charge in [-0.2, -0.15) is 5.10 Å². The van der Waals surface area contributed by atoms with Gasteiger partial charge in [-0.25, -0.2) is 4.79 Å². The molecule has 104 valence electrons. The number of nitrogens with zero attached hydrogens (tertiary/aromatic N) is 1. The molecule has 1 aromatic heterocycles. The van der Waals surface area contributed by atoms with E-state index in [0.717, 1.165) is 4.88 Å². The van der Waals surface area contributed by atoms with Gasteiger partial charge in [-0.15, -0.1) is 11.3 Å². The highest BCUT2D eigenvalue weighted by Gasteiger charge is 2.08. The van der Waals surface area contributed by atoms with Gasteiger partial charge in [0, 0.05) is 0 Å². The molecule has 0 fully saturated rings. The minimum absolute atomic E-state index is 0.282. The van der Waals surface area contributed by atoms with Gasteiger partial charge in [0.2, 0.25) is 0 Å². The third kappa shape index (κ3) is 3.50. The van der Waals surface area contributed by atoms with Crippen LogP contribution in [-0.2, 0) is 0 Å². The van der Waals surface area contributed by atoms with Crippen molar-refractivity contribution in [2.45, 2.75) is 6.92 Å². The van der Waals surface area contributed by atoms with Crippen molar-refractivity contribution in [1.82, 2.24) is 0 Å². The highest BCUT2D eigenvalue weighted by atomic mass is 35.5. The molecule has 0 aliphatic rings. The summed E-state index contributed by atoms with van der Waals surface area (Å²) in [6.45, 7) is 1.79. The number of rotatable bonds is 4. The fourth-order valence-corrected chi connectivity index (χ4v) is 2.50. The number of hydrazone groups is 1. The normalized spacial score (nSPS) is 11.4. The Morgan fingerprint density at radius 3 is 2.50 bits per heavy atom. The molecule has 2 aromatic rings. The Morgan fingerprint density at radius 2 is 1.90 bits per heavy atom. The monoisotopic (exact) mass is 328 g/mol. The van der Waals surface area contributed by atoms with Crippen LogP contribution in [0.5, 0.6) is 0 Å². The summed E-state index contributed by atoms with van der Waals surface area (Å²) in [5.41, 5.74) is 4.24. The highest BCUT2D eigenvalue weighted by molar-refractivity contribution is 7.15. The lowest BCUT2D eigenvalue weighted by molar-refractivity contribution is 0.0702. The number of benzene rings is 1. The van der Waals surface area contributed by atoms with Gasteiger partial charge in [-0.1, -0.05) is 23.2 Å². The molecule has 1 aromatic carbocycles. The van der Waals surface area contributed by atoms with Gasteiger partial charge in [0.1, 0.15) is 4.88 Å². The minimum atomic E-state index is -0.938. The molecule has 0 spiro atoms. The second kappa shape index (κ2) is 6.26. The summed E-state index contributed by atoms with van der Waals surface area (Å²) < 4.78 is 0. The van der Waals surface area contributed by atoms with E-state index in [1.54, 1.807) is 37.3 Å². The average Bonchev–Trinajstić information content (AvgIpc) is 2.89. The van der Waals surface area contributed by atoms with Gasteiger partial charge in [0.25, 0.3) is 0 Å². The number of hydrogen-bond donors (Lipinski definition) is 2. The molecule has 0 amide bonds. The first-order valence-corrected chi connectivity index (χ1v) is 7.13. The van der Waals surface area contributed by atoms with Crippen LogP contribution in [0, 0.1) is 0 Å². The number of halogens is 2. The van der Waals surface area contributed by atoms with Gasteiger partial charge < -0.3 is 5.11 Å². The first-order chi connectivity index (χ1) is 9.47. The second-order valence-corrected chi connectivity index (χ2v) is 5.81. The largest absolute Gasteiger partial charge is 0.477 e. The fourth-order valence-electron chi connectivity index (χ4n) is 1.42. The van der Waals surface area contributed by atoms with E-state index in [1.807, 2.05) is 0 Å². The number of carboxylic acid groups (broad SMARTS) is 1. The van der Waals surface area contributed by atoms with Crippen LogP contribution >= 0.6 is 34.5 Å². The third-order valence-electron chi connectivity index (χ3n) is 2.45. The predicted octanol–water partition coefficient (Wildman–Crippen LogP) is 4.59. The smallest absolute Gasteiger partial charge is 0.345 e. The van der Waals surface area contributed by atoms with Crippen molar-refractivity contribution < 1.29 is 9.90 Å². The quantitative estimate of drug-likeness (QED) is 0.637. The van der Waals surface area contributed by atoms with Crippen molar-refractivity contribution in [3.05, 3.63) is 50.1 Å². The van der Waals surface area contributed by atoms with Crippen LogP contribution in [-0.4, -0.2) is 16.8 Å². The summed E-state index contributed by atoms with van der Waals surface area (Å²) in [7, 11) is 0. The number of aromatic carboxylic acids is 1. The summed E-state index contributed by atoms with van der Waals surface area (Å²) in [6, 6.07) is 8.37. The van der Waals surface area contributed by atoms with E-state index in [9.17, 15) is 4.79 Å². The molecule has 0 saturated heterocycles. The summed E-state index contributed by atoms with van der Waals surface area (Å²) in [4.78, 5) is 11.9. The van der Waals surface area contributed by atoms with Crippen LogP contribution in [0.15, 0.2) is 35.4 Å². The van der Waals surface area contributed by atoms with Gasteiger partial charge in [-0.05, 0) is 37.3 Å². The van der Waals surface area contributed by atoms with Crippen LogP contribution in [0.3, 0.4) is 0 Å². The van der Waals surface area contributed by atoms with Crippen LogP contribution in [0.2, 0.25) is 10.0 Å². The zero-order valence-electron chi connectivity index (χ0n) is 10.4. The first-order valence-electron chi connectivity index (χ1n) is 5.56. The Labute approximate surface area is 129 Å². The number of hydrogen-bond acceptors (Lipinski definition) is 4. The van der Waals surface area contributed by atoms with Gasteiger partial charge in [0.05, 0.1) is 26.3 Å². The lowest BCUT2D eigenvalue weighted by atomic mass is 10.3. The Hall–Kier alpha value is -1.56. The Bertz CT molecular complexity index is 683. The maximum atomic E-state index is 10.8. The molecule has 1 heterocycles. The molecule has 0 saturated carbocycles. The van der Waals surface area contributed by atoms with E-state index in [1.165, 1.54) is 11.3 Å². The molecule has 0 atom stereocenters. The van der Waals surface area contributed by atoms with Gasteiger partial charge in [0.15, 0.2) is 0 Å². The first kappa shape index (κ1) is 14.8. The lowest BCUT2D eigenvalue weighted by Crippen LogP contribution is -1.97. The molecule has 7 heteroatoms. The number of carbonyl (C=O) groups is 1. The van der Waals surface area contributed by atoms with E-state index >= 15 is 0 Å². The zero-order valence-corrected chi connectivity index (χ0v) is 12.7. The number of thiophene rings is 1. The van der Waals surface area contributed by atoms with E-state index in [2.05, 4.69) is 10.5 Å². The number of carboxylic acids is 1. The number of nitrogens with one attached hydrogen (secondary N) is 1. The van der Waals surface area contributed by atoms with Gasteiger partial charge in [-0.3, -0.25) is 5.43 Å². The van der Waals surface area contributed by atoms with Crippen LogP contribution in [0.1, 0.15) is 21.5 Å². The summed E-state index contributed by atoms with van der Waals surface area (Å²) in [6.07, 6.45) is 0. The molecule has 0 unspecified atom stereocenters. The van der Waals surface area contributed by atoms with Crippen molar-refractivity contribution in [2.75, 3.05) is 5.43 Å². The fraction of sp³-hybridized carbons (Fsp3) is 0.0769. The van der Waals surface area contributed by atoms with E-state index in [-0.39, 0.29) is 4.88 Å². The molecule has 0 bridgehead atoms. The van der Waals surface area contributed by atoms with E-state index in [4.69, 9.17) is 28.3 Å².